The normalized spacial score (nSPS) is 20.9. The van der Waals surface area contributed by atoms with Crippen LogP contribution in [0.2, 0.25) is 0 Å². The summed E-state index contributed by atoms with van der Waals surface area (Å²) in [6.07, 6.45) is -6.46. The van der Waals surface area contributed by atoms with E-state index in [0.717, 1.165) is 11.6 Å². The highest BCUT2D eigenvalue weighted by Gasteiger charge is 2.65. The molecule has 0 saturated carbocycles. The van der Waals surface area contributed by atoms with E-state index >= 15 is 0 Å². The molecule has 3 aromatic carbocycles. The minimum absolute atomic E-state index is 0.00552. The lowest BCUT2D eigenvalue weighted by atomic mass is 9.92. The Morgan fingerprint density at radius 3 is 2.48 bits per heavy atom. The Bertz CT molecular complexity index is 1570. The maximum Gasteiger partial charge on any atom is 0.573 e. The van der Waals surface area contributed by atoms with Crippen molar-refractivity contribution in [3.05, 3.63) is 95.1 Å². The summed E-state index contributed by atoms with van der Waals surface area (Å²) in [5, 5.41) is 24.1. The summed E-state index contributed by atoms with van der Waals surface area (Å²) in [4.78, 5) is 42.1. The summed E-state index contributed by atoms with van der Waals surface area (Å²) in [5.74, 6) is -2.15. The Morgan fingerprint density at radius 1 is 1.09 bits per heavy atom. The van der Waals surface area contributed by atoms with Crippen LogP contribution < -0.4 is 10.1 Å². The van der Waals surface area contributed by atoms with Crippen LogP contribution in [0.25, 0.3) is 0 Å². The molecule has 3 N–H and O–H groups in total. The SMILES string of the molecule is Cc1c(O)cccc1C(=O)N[C@@H](Cc1ccccc1)[C@H](O)C(=O)N1CSC2(C)[C@H]1C(=O)N2Cc1cccc(OC(F)(F)F)c1. The lowest BCUT2D eigenvalue weighted by molar-refractivity contribution is -0.274. The fraction of sp³-hybridized carbons (Fsp3) is 0.323. The van der Waals surface area contributed by atoms with Crippen molar-refractivity contribution in [1.29, 1.82) is 0 Å². The third-order valence-corrected chi connectivity index (χ3v) is 9.34. The number of alkyl halides is 3. The van der Waals surface area contributed by atoms with Gasteiger partial charge in [-0.2, -0.15) is 0 Å². The largest absolute Gasteiger partial charge is 0.573 e. The van der Waals surface area contributed by atoms with Crippen LogP contribution in [0.15, 0.2) is 72.8 Å². The summed E-state index contributed by atoms with van der Waals surface area (Å²) in [6.45, 7) is 3.33. The fourth-order valence-corrected chi connectivity index (χ4v) is 6.92. The number of carbonyl (C=O) groups excluding carboxylic acids is 3. The van der Waals surface area contributed by atoms with Crippen molar-refractivity contribution in [3.63, 3.8) is 0 Å². The van der Waals surface area contributed by atoms with E-state index in [0.29, 0.717) is 11.1 Å². The predicted molar refractivity (Wildman–Crippen MR) is 155 cm³/mol. The second-order valence-corrected chi connectivity index (χ2v) is 12.2. The van der Waals surface area contributed by atoms with Crippen LogP contribution in [0.5, 0.6) is 11.5 Å². The number of aliphatic hydroxyl groups excluding tert-OH is 1. The first-order chi connectivity index (χ1) is 20.8. The number of rotatable bonds is 9. The van der Waals surface area contributed by atoms with Gasteiger partial charge in [-0.1, -0.05) is 48.5 Å². The number of halogens is 3. The van der Waals surface area contributed by atoms with Gasteiger partial charge in [0.2, 0.25) is 5.91 Å². The van der Waals surface area contributed by atoms with Gasteiger partial charge in [0.1, 0.15) is 22.4 Å². The van der Waals surface area contributed by atoms with Crippen LogP contribution in [0.3, 0.4) is 0 Å². The van der Waals surface area contributed by atoms with Crippen molar-refractivity contribution >= 4 is 29.5 Å². The summed E-state index contributed by atoms with van der Waals surface area (Å²) in [5.41, 5.74) is 1.69. The molecule has 9 nitrogen and oxygen atoms in total. The standard InChI is InChI=1S/C31H30F3N3O6S/c1-18-22(12-7-13-24(18)38)27(40)35-23(15-19-8-4-3-5-9-19)25(39)28(41)36-17-44-30(2)26(36)29(42)37(30)16-20-10-6-11-21(14-20)43-31(32,33)34/h3-14,23,25-26,38-39H,15-17H2,1-2H3,(H,35,40)/t23-,25-,26+,30?/m0/s1. The van der Waals surface area contributed by atoms with E-state index in [1.807, 2.05) is 6.07 Å². The Balaban J connectivity index is 1.32. The molecule has 2 heterocycles. The Labute approximate surface area is 255 Å². The molecule has 4 atom stereocenters. The maximum absolute atomic E-state index is 13.7. The first-order valence-electron chi connectivity index (χ1n) is 13.7. The van der Waals surface area contributed by atoms with E-state index in [-0.39, 0.29) is 30.2 Å². The summed E-state index contributed by atoms with van der Waals surface area (Å²) in [6, 6.07) is 16.8. The molecule has 0 radical (unpaired) electrons. The Hall–Kier alpha value is -4.23. The maximum atomic E-state index is 13.7. The van der Waals surface area contributed by atoms with Crippen molar-refractivity contribution < 1.29 is 42.5 Å². The molecule has 0 aromatic heterocycles. The Morgan fingerprint density at radius 2 is 1.77 bits per heavy atom. The van der Waals surface area contributed by atoms with Gasteiger partial charge in [0.15, 0.2) is 6.10 Å². The van der Waals surface area contributed by atoms with Crippen LogP contribution in [-0.4, -0.2) is 73.0 Å². The molecule has 2 saturated heterocycles. The molecule has 232 valence electrons. The second-order valence-electron chi connectivity index (χ2n) is 10.8. The van der Waals surface area contributed by atoms with E-state index in [1.54, 1.807) is 44.2 Å². The first kappa shape index (κ1) is 31.2. The van der Waals surface area contributed by atoms with Crippen LogP contribution in [0.1, 0.15) is 34.0 Å². The van der Waals surface area contributed by atoms with Gasteiger partial charge in [-0.25, -0.2) is 0 Å². The van der Waals surface area contributed by atoms with Gasteiger partial charge in [0.05, 0.1) is 11.9 Å². The van der Waals surface area contributed by atoms with Gasteiger partial charge >= 0.3 is 6.36 Å². The number of β-lactam (4-membered cyclic amide) rings is 1. The zero-order valence-corrected chi connectivity index (χ0v) is 24.6. The number of likely N-dealkylation sites (tertiary alicyclic amines) is 1. The first-order valence-corrected chi connectivity index (χ1v) is 14.7. The van der Waals surface area contributed by atoms with Gasteiger partial charge in [0.25, 0.3) is 11.8 Å². The number of aliphatic hydroxyl groups is 1. The fourth-order valence-electron chi connectivity index (χ4n) is 5.55. The number of amides is 3. The van der Waals surface area contributed by atoms with Crippen molar-refractivity contribution in [3.8, 4) is 11.5 Å². The monoisotopic (exact) mass is 629 g/mol. The number of phenolic OH excluding ortho intramolecular Hbond substituents is 1. The highest BCUT2D eigenvalue weighted by molar-refractivity contribution is 8.01. The predicted octanol–water partition coefficient (Wildman–Crippen LogP) is 3.96. The molecule has 2 fully saturated rings. The summed E-state index contributed by atoms with van der Waals surface area (Å²) >= 11 is 1.30. The van der Waals surface area contributed by atoms with Crippen LogP contribution in [0.4, 0.5) is 13.2 Å². The number of ether oxygens (including phenoxy) is 1. The Kier molecular flexibility index (Phi) is 8.54. The number of carbonyl (C=O) groups is 3. The summed E-state index contributed by atoms with van der Waals surface area (Å²) < 4.78 is 42.0. The van der Waals surface area contributed by atoms with Gasteiger partial charge in [0, 0.05) is 17.7 Å². The molecule has 2 aliphatic heterocycles. The number of hydrogen-bond donors (Lipinski definition) is 3. The van der Waals surface area contributed by atoms with E-state index in [4.69, 9.17) is 0 Å². The van der Waals surface area contributed by atoms with Gasteiger partial charge in [-0.15, -0.1) is 24.9 Å². The number of thioether (sulfide) groups is 1. The van der Waals surface area contributed by atoms with Crippen molar-refractivity contribution in [2.45, 2.75) is 56.2 Å². The van der Waals surface area contributed by atoms with Crippen molar-refractivity contribution in [2.75, 3.05) is 5.88 Å². The molecule has 0 aliphatic carbocycles. The molecule has 0 spiro atoms. The van der Waals surface area contributed by atoms with E-state index in [1.165, 1.54) is 51.9 Å². The minimum atomic E-state index is -4.86. The van der Waals surface area contributed by atoms with Crippen molar-refractivity contribution in [1.82, 2.24) is 15.1 Å². The molecule has 3 aromatic rings. The van der Waals surface area contributed by atoms with Crippen LogP contribution in [-0.2, 0) is 22.6 Å². The van der Waals surface area contributed by atoms with Gasteiger partial charge < -0.3 is 30.1 Å². The molecule has 1 unspecified atom stereocenters. The topological polar surface area (TPSA) is 119 Å². The van der Waals surface area contributed by atoms with Crippen LogP contribution >= 0.6 is 11.8 Å². The van der Waals surface area contributed by atoms with Crippen molar-refractivity contribution in [2.24, 2.45) is 0 Å². The smallest absolute Gasteiger partial charge is 0.508 e. The zero-order valence-electron chi connectivity index (χ0n) is 23.7. The molecule has 13 heteroatoms. The number of hydrogen-bond acceptors (Lipinski definition) is 7. The number of fused-ring (bicyclic) bond motifs is 1. The summed E-state index contributed by atoms with van der Waals surface area (Å²) in [7, 11) is 0. The van der Waals surface area contributed by atoms with Gasteiger partial charge in [-0.05, 0) is 55.7 Å². The molecule has 2 aliphatic rings. The number of aromatic hydroxyl groups is 1. The highest BCUT2D eigenvalue weighted by atomic mass is 32.2. The van der Waals surface area contributed by atoms with E-state index in [9.17, 15) is 37.8 Å². The minimum Gasteiger partial charge on any atom is -0.508 e. The second kappa shape index (κ2) is 12.0. The van der Waals surface area contributed by atoms with Crippen LogP contribution in [0, 0.1) is 6.92 Å². The average Bonchev–Trinajstić information content (AvgIpc) is 3.29. The zero-order chi connectivity index (χ0) is 31.8. The molecular weight excluding hydrogens is 599 g/mol. The number of nitrogens with zero attached hydrogens (tertiary/aromatic N) is 2. The third kappa shape index (κ3) is 6.20. The quantitative estimate of drug-likeness (QED) is 0.307. The number of phenols is 1. The molecule has 0 bridgehead atoms. The molecule has 44 heavy (non-hydrogen) atoms. The lowest BCUT2D eigenvalue weighted by Gasteiger charge is -2.52. The molecule has 3 amide bonds. The number of nitrogens with one attached hydrogen (secondary N) is 1. The average molecular weight is 630 g/mol. The lowest BCUT2D eigenvalue weighted by Crippen LogP contribution is -2.73. The molecular formula is C31H30F3N3O6S. The number of benzene rings is 3. The highest BCUT2D eigenvalue weighted by Crippen LogP contribution is 2.51. The third-order valence-electron chi connectivity index (χ3n) is 7.91. The van der Waals surface area contributed by atoms with E-state index < -0.39 is 52.9 Å². The van der Waals surface area contributed by atoms with Gasteiger partial charge in [-0.3, -0.25) is 14.4 Å². The van der Waals surface area contributed by atoms with E-state index in [2.05, 4.69) is 10.1 Å². The molecule has 5 rings (SSSR count).